The molecule has 0 saturated carbocycles. The summed E-state index contributed by atoms with van der Waals surface area (Å²) in [5.41, 5.74) is -0.0370. The van der Waals surface area contributed by atoms with Gasteiger partial charge in [-0.3, -0.25) is 0 Å². The molecule has 1 atom stereocenters. The van der Waals surface area contributed by atoms with Crippen LogP contribution in [0.25, 0.3) is 0 Å². The lowest BCUT2D eigenvalue weighted by atomic mass is 10.2. The monoisotopic (exact) mass is 398 g/mol. The van der Waals surface area contributed by atoms with Crippen LogP contribution in [-0.2, 0) is 4.74 Å². The van der Waals surface area contributed by atoms with Crippen molar-refractivity contribution in [3.8, 4) is 5.75 Å². The molecular formula is C12H13Br2ClO3. The number of esters is 1. The van der Waals surface area contributed by atoms with Gasteiger partial charge in [-0.05, 0) is 57.3 Å². The van der Waals surface area contributed by atoms with Crippen LogP contribution in [0.1, 0.15) is 30.6 Å². The normalized spacial score (nSPS) is 12.1. The van der Waals surface area contributed by atoms with Crippen LogP contribution in [0.15, 0.2) is 21.1 Å². The molecule has 0 N–H and O–H groups in total. The average Bonchev–Trinajstić information content (AvgIpc) is 2.34. The fourth-order valence-electron chi connectivity index (χ4n) is 1.22. The van der Waals surface area contributed by atoms with Crippen LogP contribution in [0.5, 0.6) is 5.75 Å². The number of rotatable bonds is 5. The van der Waals surface area contributed by atoms with Gasteiger partial charge in [0.15, 0.2) is 11.3 Å². The Labute approximate surface area is 128 Å². The lowest BCUT2D eigenvalue weighted by molar-refractivity contribution is 0.0524. The summed E-state index contributed by atoms with van der Waals surface area (Å²) in [5.74, 6) is 0.103. The number of hydrogen-bond acceptors (Lipinski definition) is 3. The quantitative estimate of drug-likeness (QED) is 0.529. The van der Waals surface area contributed by atoms with E-state index in [-0.39, 0.29) is 0 Å². The zero-order valence-corrected chi connectivity index (χ0v) is 13.9. The average molecular weight is 400 g/mol. The van der Waals surface area contributed by atoms with Gasteiger partial charge in [0.05, 0.1) is 21.1 Å². The zero-order valence-electron chi connectivity index (χ0n) is 10.0. The summed E-state index contributed by atoms with van der Waals surface area (Å²) < 4.78 is 11.8. The Morgan fingerprint density at radius 2 is 2.06 bits per heavy atom. The predicted molar refractivity (Wildman–Crippen MR) is 78.4 cm³/mol. The topological polar surface area (TPSA) is 35.5 Å². The molecule has 1 rings (SSSR count). The highest BCUT2D eigenvalue weighted by Crippen LogP contribution is 2.37. The number of ether oxygens (including phenoxy) is 2. The van der Waals surface area contributed by atoms with Gasteiger partial charge in [0, 0.05) is 0 Å². The Hall–Kier alpha value is -0.260. The second kappa shape index (κ2) is 7.36. The molecule has 100 valence electrons. The van der Waals surface area contributed by atoms with Crippen LogP contribution in [0.2, 0.25) is 0 Å². The molecule has 0 amide bonds. The van der Waals surface area contributed by atoms with Gasteiger partial charge in [0.1, 0.15) is 0 Å². The molecule has 1 unspecified atom stereocenters. The number of carbonyl (C=O) groups excluding carboxylic acids is 1. The first-order valence-electron chi connectivity index (χ1n) is 5.47. The fraction of sp³-hybridized carbons (Fsp3) is 0.417. The largest absolute Gasteiger partial charge is 0.472 e. The highest BCUT2D eigenvalue weighted by atomic mass is 79.9. The Morgan fingerprint density at radius 3 is 2.61 bits per heavy atom. The summed E-state index contributed by atoms with van der Waals surface area (Å²) in [6.07, 6.45) is 0.657. The van der Waals surface area contributed by atoms with Crippen LogP contribution in [0.4, 0.5) is 0 Å². The van der Waals surface area contributed by atoms with E-state index in [4.69, 9.17) is 21.1 Å². The van der Waals surface area contributed by atoms with Crippen molar-refractivity contribution in [2.75, 3.05) is 6.61 Å². The van der Waals surface area contributed by atoms with E-state index >= 15 is 0 Å². The molecule has 0 radical (unpaired) electrons. The van der Waals surface area contributed by atoms with E-state index in [1.54, 1.807) is 19.1 Å². The molecule has 1 aromatic rings. The molecule has 0 aliphatic carbocycles. The van der Waals surface area contributed by atoms with Crippen LogP contribution >= 0.6 is 43.5 Å². The Bertz CT molecular complexity index is 438. The summed E-state index contributed by atoms with van der Waals surface area (Å²) in [6, 6.07) is 3.39. The van der Waals surface area contributed by atoms with E-state index in [2.05, 4.69) is 31.9 Å². The first kappa shape index (κ1) is 15.8. The van der Waals surface area contributed by atoms with Gasteiger partial charge in [-0.25, -0.2) is 4.79 Å². The summed E-state index contributed by atoms with van der Waals surface area (Å²) in [7, 11) is 0. The summed E-state index contributed by atoms with van der Waals surface area (Å²) in [5, 5.41) is 0. The number of alkyl halides is 1. The van der Waals surface area contributed by atoms with Gasteiger partial charge >= 0.3 is 5.97 Å². The summed E-state index contributed by atoms with van der Waals surface area (Å²) >= 11 is 12.7. The molecule has 0 aromatic heterocycles. The first-order chi connectivity index (χ1) is 8.51. The molecule has 18 heavy (non-hydrogen) atoms. The first-order valence-corrected chi connectivity index (χ1v) is 7.49. The SMILES string of the molecule is CCOC(=O)c1ccc(Br)c(OC(Cl)CC)c1Br. The minimum atomic E-state index is -0.449. The van der Waals surface area contributed by atoms with Crippen molar-refractivity contribution in [1.29, 1.82) is 0 Å². The van der Waals surface area contributed by atoms with Gasteiger partial charge in [0.2, 0.25) is 0 Å². The number of benzene rings is 1. The van der Waals surface area contributed by atoms with Gasteiger partial charge < -0.3 is 9.47 Å². The number of hydrogen-bond donors (Lipinski definition) is 0. The minimum absolute atomic E-state index is 0.324. The zero-order chi connectivity index (χ0) is 13.7. The van der Waals surface area contributed by atoms with Crippen molar-refractivity contribution < 1.29 is 14.3 Å². The van der Waals surface area contributed by atoms with Gasteiger partial charge in [-0.15, -0.1) is 0 Å². The van der Waals surface area contributed by atoms with E-state index in [9.17, 15) is 4.79 Å². The molecule has 0 spiro atoms. The molecule has 0 fully saturated rings. The molecule has 0 aliphatic heterocycles. The third-order valence-corrected chi connectivity index (χ3v) is 3.92. The third kappa shape index (κ3) is 3.87. The minimum Gasteiger partial charge on any atom is -0.472 e. The molecule has 0 saturated heterocycles. The predicted octanol–water partition coefficient (Wildman–Crippen LogP) is 4.74. The second-order valence-corrected chi connectivity index (χ2v) is 5.53. The van der Waals surface area contributed by atoms with E-state index in [0.29, 0.717) is 28.8 Å². The maximum absolute atomic E-state index is 11.7. The van der Waals surface area contributed by atoms with Crippen LogP contribution < -0.4 is 4.74 Å². The van der Waals surface area contributed by atoms with E-state index in [1.807, 2.05) is 6.92 Å². The smallest absolute Gasteiger partial charge is 0.339 e. The fourth-order valence-corrected chi connectivity index (χ4v) is 2.60. The standard InChI is InChI=1S/C12H13Br2ClO3/c1-3-9(15)18-11-8(13)6-5-7(10(11)14)12(16)17-4-2/h5-6,9H,3-4H2,1-2H3. The summed E-state index contributed by atoms with van der Waals surface area (Å²) in [6.45, 7) is 3.99. The Kier molecular flexibility index (Phi) is 6.46. The van der Waals surface area contributed by atoms with Crippen LogP contribution in [0.3, 0.4) is 0 Å². The maximum Gasteiger partial charge on any atom is 0.339 e. The third-order valence-electron chi connectivity index (χ3n) is 2.11. The molecule has 1 aromatic carbocycles. The highest BCUT2D eigenvalue weighted by Gasteiger charge is 2.19. The van der Waals surface area contributed by atoms with Gasteiger partial charge in [-0.2, -0.15) is 0 Å². The molecule has 3 nitrogen and oxygen atoms in total. The van der Waals surface area contributed by atoms with Crippen molar-refractivity contribution in [2.45, 2.75) is 25.8 Å². The molecule has 0 bridgehead atoms. The van der Waals surface area contributed by atoms with Crippen molar-refractivity contribution in [1.82, 2.24) is 0 Å². The van der Waals surface area contributed by atoms with E-state index in [0.717, 1.165) is 4.47 Å². The van der Waals surface area contributed by atoms with Crippen molar-refractivity contribution in [3.05, 3.63) is 26.6 Å². The number of halogens is 3. The van der Waals surface area contributed by atoms with Gasteiger partial charge in [-0.1, -0.05) is 18.5 Å². The van der Waals surface area contributed by atoms with Gasteiger partial charge in [0.25, 0.3) is 0 Å². The van der Waals surface area contributed by atoms with Crippen LogP contribution in [0, 0.1) is 0 Å². The van der Waals surface area contributed by atoms with Crippen molar-refractivity contribution >= 4 is 49.4 Å². The van der Waals surface area contributed by atoms with Crippen molar-refractivity contribution in [3.63, 3.8) is 0 Å². The van der Waals surface area contributed by atoms with E-state index < -0.39 is 11.5 Å². The highest BCUT2D eigenvalue weighted by molar-refractivity contribution is 9.11. The lowest BCUT2D eigenvalue weighted by Gasteiger charge is -2.15. The Morgan fingerprint density at radius 1 is 1.39 bits per heavy atom. The number of carbonyl (C=O) groups is 1. The second-order valence-electron chi connectivity index (χ2n) is 3.39. The molecule has 6 heteroatoms. The molecule has 0 heterocycles. The molecule has 0 aliphatic rings. The summed E-state index contributed by atoms with van der Waals surface area (Å²) in [4.78, 5) is 11.7. The Balaban J connectivity index is 3.10. The van der Waals surface area contributed by atoms with Crippen molar-refractivity contribution in [2.24, 2.45) is 0 Å². The maximum atomic E-state index is 11.7. The molecular weight excluding hydrogens is 387 g/mol. The van der Waals surface area contributed by atoms with Crippen LogP contribution in [-0.4, -0.2) is 18.1 Å². The lowest BCUT2D eigenvalue weighted by Crippen LogP contribution is -2.10. The van der Waals surface area contributed by atoms with E-state index in [1.165, 1.54) is 0 Å².